The second-order valence-corrected chi connectivity index (χ2v) is 6.53. The van der Waals surface area contributed by atoms with Gasteiger partial charge in [0.05, 0.1) is 12.3 Å². The Balaban J connectivity index is 2.60. The van der Waals surface area contributed by atoms with Crippen LogP contribution in [0.2, 0.25) is 5.02 Å². The van der Waals surface area contributed by atoms with Gasteiger partial charge in [0.1, 0.15) is 10.6 Å². The van der Waals surface area contributed by atoms with Crippen molar-refractivity contribution in [2.75, 3.05) is 19.0 Å². The first kappa shape index (κ1) is 16.4. The Morgan fingerprint density at radius 1 is 1.36 bits per heavy atom. The van der Waals surface area contributed by atoms with Crippen LogP contribution in [-0.4, -0.2) is 32.0 Å². The number of carbonyl (C=O) groups is 1. The molecule has 1 aromatic heterocycles. The molecule has 118 valence electrons. The Kier molecular flexibility index (Phi) is 4.77. The summed E-state index contributed by atoms with van der Waals surface area (Å²) in [6.07, 6.45) is 1.29. The lowest BCUT2D eigenvalue weighted by Crippen LogP contribution is -2.20. The fourth-order valence-electron chi connectivity index (χ4n) is 1.96. The normalized spacial score (nSPS) is 11.2. The van der Waals surface area contributed by atoms with Crippen molar-refractivity contribution in [2.24, 2.45) is 0 Å². The molecule has 1 heterocycles. The van der Waals surface area contributed by atoms with Gasteiger partial charge in [-0.3, -0.25) is 0 Å². The standard InChI is InChI=1S/C14H15ClN2O4S/c1-3-21-14(18)12-5-4-8-17(12)22(19,20)13-9-10(15)6-7-11(13)16-2/h4-9,16H,3H2,1-2H3. The van der Waals surface area contributed by atoms with E-state index in [-0.39, 0.29) is 22.2 Å². The van der Waals surface area contributed by atoms with Crippen molar-refractivity contribution >= 4 is 33.3 Å². The highest BCUT2D eigenvalue weighted by atomic mass is 35.5. The summed E-state index contributed by atoms with van der Waals surface area (Å²) in [6, 6.07) is 7.32. The molecule has 2 aromatic rings. The monoisotopic (exact) mass is 342 g/mol. The lowest BCUT2D eigenvalue weighted by molar-refractivity contribution is 0.0518. The predicted octanol–water partition coefficient (Wildman–Crippen LogP) is 2.60. The molecule has 0 fully saturated rings. The minimum Gasteiger partial charge on any atom is -0.461 e. The van der Waals surface area contributed by atoms with Crippen LogP contribution >= 0.6 is 11.6 Å². The number of esters is 1. The molecule has 0 saturated carbocycles. The molecule has 0 aliphatic rings. The largest absolute Gasteiger partial charge is 0.461 e. The average Bonchev–Trinajstić information content (AvgIpc) is 2.97. The van der Waals surface area contributed by atoms with Crippen molar-refractivity contribution in [2.45, 2.75) is 11.8 Å². The van der Waals surface area contributed by atoms with E-state index >= 15 is 0 Å². The third-order valence-electron chi connectivity index (χ3n) is 2.95. The Hall–Kier alpha value is -1.99. The number of nitrogens with one attached hydrogen (secondary N) is 1. The van der Waals surface area contributed by atoms with Gasteiger partial charge in [0.2, 0.25) is 0 Å². The summed E-state index contributed by atoms with van der Waals surface area (Å²) < 4.78 is 31.4. The van der Waals surface area contributed by atoms with E-state index < -0.39 is 16.0 Å². The van der Waals surface area contributed by atoms with Gasteiger partial charge in [-0.25, -0.2) is 17.2 Å². The summed E-state index contributed by atoms with van der Waals surface area (Å²) in [5.41, 5.74) is 0.316. The van der Waals surface area contributed by atoms with Gasteiger partial charge in [0, 0.05) is 18.3 Å². The number of benzene rings is 1. The van der Waals surface area contributed by atoms with Crippen LogP contribution in [-0.2, 0) is 14.8 Å². The number of aromatic nitrogens is 1. The van der Waals surface area contributed by atoms with E-state index in [1.807, 2.05) is 0 Å². The fraction of sp³-hybridized carbons (Fsp3) is 0.214. The molecule has 0 saturated heterocycles. The number of anilines is 1. The van der Waals surface area contributed by atoms with Crippen LogP contribution in [0, 0.1) is 0 Å². The molecule has 0 spiro atoms. The molecule has 2 rings (SSSR count). The second-order valence-electron chi connectivity index (χ2n) is 4.31. The van der Waals surface area contributed by atoms with Gasteiger partial charge in [-0.2, -0.15) is 0 Å². The summed E-state index contributed by atoms with van der Waals surface area (Å²) in [6.45, 7) is 1.80. The summed E-state index contributed by atoms with van der Waals surface area (Å²) in [5, 5.41) is 3.08. The Labute approximate surface area is 133 Å². The van der Waals surface area contributed by atoms with Gasteiger partial charge in [0.15, 0.2) is 0 Å². The highest BCUT2D eigenvalue weighted by Gasteiger charge is 2.26. The van der Waals surface area contributed by atoms with E-state index in [1.165, 1.54) is 24.4 Å². The highest BCUT2D eigenvalue weighted by molar-refractivity contribution is 7.90. The molecule has 22 heavy (non-hydrogen) atoms. The van der Waals surface area contributed by atoms with Crippen molar-refractivity contribution in [1.82, 2.24) is 3.97 Å². The Morgan fingerprint density at radius 2 is 2.09 bits per heavy atom. The van der Waals surface area contributed by atoms with E-state index in [4.69, 9.17) is 16.3 Å². The van der Waals surface area contributed by atoms with Crippen LogP contribution in [0.4, 0.5) is 5.69 Å². The Bertz CT molecular complexity index is 799. The number of halogens is 1. The van der Waals surface area contributed by atoms with Crippen molar-refractivity contribution < 1.29 is 17.9 Å². The minimum absolute atomic E-state index is 0.0238. The highest BCUT2D eigenvalue weighted by Crippen LogP contribution is 2.27. The van der Waals surface area contributed by atoms with Crippen LogP contribution in [0.25, 0.3) is 0 Å². The topological polar surface area (TPSA) is 77.4 Å². The molecule has 6 nitrogen and oxygen atoms in total. The van der Waals surface area contributed by atoms with E-state index in [0.717, 1.165) is 3.97 Å². The average molecular weight is 343 g/mol. The molecule has 1 N–H and O–H groups in total. The zero-order chi connectivity index (χ0) is 16.3. The number of carbonyl (C=O) groups excluding carboxylic acids is 1. The first-order valence-corrected chi connectivity index (χ1v) is 8.31. The summed E-state index contributed by atoms with van der Waals surface area (Å²) in [7, 11) is -2.38. The maximum Gasteiger partial charge on any atom is 0.355 e. The van der Waals surface area contributed by atoms with E-state index in [2.05, 4.69) is 5.32 Å². The van der Waals surface area contributed by atoms with Gasteiger partial charge in [-0.15, -0.1) is 0 Å². The second kappa shape index (κ2) is 6.41. The van der Waals surface area contributed by atoms with Crippen LogP contribution in [0.1, 0.15) is 17.4 Å². The number of rotatable bonds is 5. The predicted molar refractivity (Wildman–Crippen MR) is 84.0 cm³/mol. The van der Waals surface area contributed by atoms with Crippen LogP contribution in [0.15, 0.2) is 41.4 Å². The molecule has 0 bridgehead atoms. The lowest BCUT2D eigenvalue weighted by Gasteiger charge is -2.13. The van der Waals surface area contributed by atoms with E-state index in [9.17, 15) is 13.2 Å². The third kappa shape index (κ3) is 2.95. The summed E-state index contributed by atoms with van der Waals surface area (Å²) in [5.74, 6) is -0.705. The van der Waals surface area contributed by atoms with Crippen molar-refractivity contribution in [1.29, 1.82) is 0 Å². The van der Waals surface area contributed by atoms with Crippen molar-refractivity contribution in [3.8, 4) is 0 Å². The smallest absolute Gasteiger partial charge is 0.355 e. The van der Waals surface area contributed by atoms with Crippen LogP contribution < -0.4 is 5.32 Å². The SMILES string of the molecule is CCOC(=O)c1cccn1S(=O)(=O)c1cc(Cl)ccc1NC. The van der Waals surface area contributed by atoms with Crippen molar-refractivity contribution in [3.63, 3.8) is 0 Å². The quantitative estimate of drug-likeness (QED) is 0.845. The molecular formula is C14H15ClN2O4S. The zero-order valence-electron chi connectivity index (χ0n) is 12.0. The summed E-state index contributed by atoms with van der Waals surface area (Å²) >= 11 is 5.90. The zero-order valence-corrected chi connectivity index (χ0v) is 13.6. The summed E-state index contributed by atoms with van der Waals surface area (Å²) in [4.78, 5) is 11.9. The van der Waals surface area contributed by atoms with Gasteiger partial charge in [-0.1, -0.05) is 11.6 Å². The van der Waals surface area contributed by atoms with E-state index in [1.54, 1.807) is 26.1 Å². The minimum atomic E-state index is -3.99. The first-order valence-electron chi connectivity index (χ1n) is 6.49. The van der Waals surface area contributed by atoms with Crippen LogP contribution in [0.3, 0.4) is 0 Å². The van der Waals surface area contributed by atoms with Gasteiger partial charge in [-0.05, 0) is 37.3 Å². The van der Waals surface area contributed by atoms with Gasteiger partial charge < -0.3 is 10.1 Å². The molecule has 0 radical (unpaired) electrons. The van der Waals surface area contributed by atoms with E-state index in [0.29, 0.717) is 5.69 Å². The molecule has 0 unspecified atom stereocenters. The number of nitrogens with zero attached hydrogens (tertiary/aromatic N) is 1. The molecule has 0 aliphatic carbocycles. The maximum absolute atomic E-state index is 12.8. The molecule has 0 amide bonds. The Morgan fingerprint density at radius 3 is 2.73 bits per heavy atom. The number of ether oxygens (including phenoxy) is 1. The first-order chi connectivity index (χ1) is 10.4. The number of hydrogen-bond donors (Lipinski definition) is 1. The fourth-order valence-corrected chi connectivity index (χ4v) is 3.76. The molecule has 1 aromatic carbocycles. The van der Waals surface area contributed by atoms with Gasteiger partial charge in [0.25, 0.3) is 10.0 Å². The van der Waals surface area contributed by atoms with Crippen molar-refractivity contribution in [3.05, 3.63) is 47.2 Å². The maximum atomic E-state index is 12.8. The van der Waals surface area contributed by atoms with Gasteiger partial charge >= 0.3 is 5.97 Å². The number of hydrogen-bond acceptors (Lipinski definition) is 5. The van der Waals surface area contributed by atoms with Crippen LogP contribution in [0.5, 0.6) is 0 Å². The lowest BCUT2D eigenvalue weighted by atomic mass is 10.3. The third-order valence-corrected chi connectivity index (χ3v) is 4.91. The molecule has 8 heteroatoms. The molecule has 0 atom stereocenters. The molecular weight excluding hydrogens is 328 g/mol. The molecule has 0 aliphatic heterocycles.